The van der Waals surface area contributed by atoms with E-state index in [-0.39, 0.29) is 5.91 Å². The average molecular weight is 208 g/mol. The zero-order valence-electron chi connectivity index (χ0n) is 8.81. The van der Waals surface area contributed by atoms with E-state index >= 15 is 0 Å². The Balaban J connectivity index is 2.11. The lowest BCUT2D eigenvalue weighted by Crippen LogP contribution is -2.34. The molecule has 5 heteroatoms. The predicted molar refractivity (Wildman–Crippen MR) is 56.0 cm³/mol. The van der Waals surface area contributed by atoms with Crippen LogP contribution in [0.1, 0.15) is 31.4 Å². The molecule has 1 atom stereocenters. The Morgan fingerprint density at radius 1 is 1.80 bits per heavy atom. The first-order valence-corrected chi connectivity index (χ1v) is 5.28. The summed E-state index contributed by atoms with van der Waals surface area (Å²) >= 11 is 0. The van der Waals surface area contributed by atoms with E-state index in [1.165, 1.54) is 0 Å². The van der Waals surface area contributed by atoms with Crippen molar-refractivity contribution in [1.82, 2.24) is 15.1 Å². The molecule has 2 rings (SSSR count). The van der Waals surface area contributed by atoms with Crippen molar-refractivity contribution in [3.63, 3.8) is 0 Å². The van der Waals surface area contributed by atoms with E-state index in [9.17, 15) is 4.79 Å². The van der Waals surface area contributed by atoms with Crippen molar-refractivity contribution in [3.8, 4) is 0 Å². The summed E-state index contributed by atoms with van der Waals surface area (Å²) in [5.41, 5.74) is 6.21. The molecular formula is C10H16N4O. The van der Waals surface area contributed by atoms with Crippen molar-refractivity contribution in [1.29, 1.82) is 0 Å². The standard InChI is InChI=1S/C10H16N4O/c1-2-14-6-7(5-12-14)9(10(11)15)13-8-3-4-8/h5-6,8-9,13H,2-4H2,1H3,(H2,11,15). The van der Waals surface area contributed by atoms with Gasteiger partial charge < -0.3 is 5.73 Å². The molecule has 1 aliphatic rings. The fourth-order valence-corrected chi connectivity index (χ4v) is 1.53. The maximum atomic E-state index is 11.3. The molecule has 1 amide bonds. The lowest BCUT2D eigenvalue weighted by atomic mass is 10.1. The van der Waals surface area contributed by atoms with Gasteiger partial charge in [-0.3, -0.25) is 14.8 Å². The van der Waals surface area contributed by atoms with Crippen molar-refractivity contribution in [2.24, 2.45) is 5.73 Å². The molecule has 1 unspecified atom stereocenters. The van der Waals surface area contributed by atoms with Crippen LogP contribution in [0.3, 0.4) is 0 Å². The van der Waals surface area contributed by atoms with Crippen LogP contribution in [0.25, 0.3) is 0 Å². The zero-order valence-corrected chi connectivity index (χ0v) is 8.81. The normalized spacial score (nSPS) is 17.7. The molecule has 0 spiro atoms. The molecule has 0 saturated heterocycles. The number of nitrogens with one attached hydrogen (secondary N) is 1. The lowest BCUT2D eigenvalue weighted by molar-refractivity contribution is -0.120. The summed E-state index contributed by atoms with van der Waals surface area (Å²) in [5.74, 6) is -0.336. The van der Waals surface area contributed by atoms with Crippen molar-refractivity contribution < 1.29 is 4.79 Å². The molecule has 3 N–H and O–H groups in total. The second-order valence-electron chi connectivity index (χ2n) is 3.91. The maximum Gasteiger partial charge on any atom is 0.239 e. The van der Waals surface area contributed by atoms with Crippen molar-refractivity contribution >= 4 is 5.91 Å². The Labute approximate surface area is 88.6 Å². The first-order chi connectivity index (χ1) is 7.20. The molecule has 0 bridgehead atoms. The molecule has 82 valence electrons. The number of aryl methyl sites for hydroxylation is 1. The second-order valence-corrected chi connectivity index (χ2v) is 3.91. The van der Waals surface area contributed by atoms with Gasteiger partial charge in [-0.2, -0.15) is 5.10 Å². The third-order valence-electron chi connectivity index (χ3n) is 2.57. The Bertz CT molecular complexity index is 356. The fourth-order valence-electron chi connectivity index (χ4n) is 1.53. The van der Waals surface area contributed by atoms with Crippen LogP contribution in [0.2, 0.25) is 0 Å². The van der Waals surface area contributed by atoms with E-state index < -0.39 is 6.04 Å². The van der Waals surface area contributed by atoms with Crippen LogP contribution in [0.5, 0.6) is 0 Å². The number of nitrogens with zero attached hydrogens (tertiary/aromatic N) is 2. The smallest absolute Gasteiger partial charge is 0.239 e. The molecule has 5 nitrogen and oxygen atoms in total. The number of aromatic nitrogens is 2. The molecule has 0 aromatic carbocycles. The van der Waals surface area contributed by atoms with Crippen LogP contribution < -0.4 is 11.1 Å². The number of hydrogen-bond donors (Lipinski definition) is 2. The molecular weight excluding hydrogens is 192 g/mol. The topological polar surface area (TPSA) is 72.9 Å². The number of carbonyl (C=O) groups is 1. The van der Waals surface area contributed by atoms with Crippen molar-refractivity contribution in [2.45, 2.75) is 38.4 Å². The van der Waals surface area contributed by atoms with Gasteiger partial charge in [0, 0.05) is 24.3 Å². The van der Waals surface area contributed by atoms with E-state index in [2.05, 4.69) is 10.4 Å². The third kappa shape index (κ3) is 2.36. The van der Waals surface area contributed by atoms with Gasteiger partial charge in [0.1, 0.15) is 6.04 Å². The Morgan fingerprint density at radius 2 is 2.53 bits per heavy atom. The van der Waals surface area contributed by atoms with Crippen molar-refractivity contribution in [3.05, 3.63) is 18.0 Å². The number of amides is 1. The summed E-state index contributed by atoms with van der Waals surface area (Å²) in [5, 5.41) is 7.35. The van der Waals surface area contributed by atoms with E-state index in [1.54, 1.807) is 10.9 Å². The highest BCUT2D eigenvalue weighted by Gasteiger charge is 2.28. The summed E-state index contributed by atoms with van der Waals surface area (Å²) in [6.45, 7) is 2.80. The van der Waals surface area contributed by atoms with Gasteiger partial charge in [0.2, 0.25) is 5.91 Å². The summed E-state index contributed by atoms with van der Waals surface area (Å²) in [6.07, 6.45) is 5.83. The first-order valence-electron chi connectivity index (χ1n) is 5.28. The molecule has 0 radical (unpaired) electrons. The monoisotopic (exact) mass is 208 g/mol. The highest BCUT2D eigenvalue weighted by atomic mass is 16.1. The lowest BCUT2D eigenvalue weighted by Gasteiger charge is -2.12. The van der Waals surface area contributed by atoms with Gasteiger partial charge in [-0.25, -0.2) is 0 Å². The molecule has 1 heterocycles. The van der Waals surface area contributed by atoms with Crippen LogP contribution in [-0.4, -0.2) is 21.7 Å². The van der Waals surface area contributed by atoms with Crippen molar-refractivity contribution in [2.75, 3.05) is 0 Å². The van der Waals surface area contributed by atoms with Gasteiger partial charge in [-0.05, 0) is 19.8 Å². The average Bonchev–Trinajstić information content (AvgIpc) is 2.91. The number of rotatable bonds is 5. The summed E-state index contributed by atoms with van der Waals surface area (Å²) in [6, 6.07) is 0.0604. The number of carbonyl (C=O) groups excluding carboxylic acids is 1. The second kappa shape index (κ2) is 4.02. The molecule has 1 fully saturated rings. The summed E-state index contributed by atoms with van der Waals surface area (Å²) in [7, 11) is 0. The maximum absolute atomic E-state index is 11.3. The summed E-state index contributed by atoms with van der Waals surface area (Å²) in [4.78, 5) is 11.3. The minimum atomic E-state index is -0.391. The Hall–Kier alpha value is -1.36. The van der Waals surface area contributed by atoms with E-state index in [4.69, 9.17) is 5.73 Å². The van der Waals surface area contributed by atoms with E-state index in [0.717, 1.165) is 24.9 Å². The largest absolute Gasteiger partial charge is 0.368 e. The molecule has 1 aromatic heterocycles. The van der Waals surface area contributed by atoms with Gasteiger partial charge in [0.15, 0.2) is 0 Å². The number of nitrogens with two attached hydrogens (primary N) is 1. The van der Waals surface area contributed by atoms with Crippen LogP contribution >= 0.6 is 0 Å². The minimum absolute atomic E-state index is 0.336. The third-order valence-corrected chi connectivity index (χ3v) is 2.57. The van der Waals surface area contributed by atoms with Gasteiger partial charge >= 0.3 is 0 Å². The van der Waals surface area contributed by atoms with Gasteiger partial charge in [-0.1, -0.05) is 0 Å². The highest BCUT2D eigenvalue weighted by Crippen LogP contribution is 2.23. The van der Waals surface area contributed by atoms with Gasteiger partial charge in [0.25, 0.3) is 0 Å². The van der Waals surface area contributed by atoms with Gasteiger partial charge in [-0.15, -0.1) is 0 Å². The SMILES string of the molecule is CCn1cc(C(NC2CC2)C(N)=O)cn1. The fraction of sp³-hybridized carbons (Fsp3) is 0.600. The number of primary amides is 1. The minimum Gasteiger partial charge on any atom is -0.368 e. The zero-order chi connectivity index (χ0) is 10.8. The van der Waals surface area contributed by atoms with E-state index in [1.807, 2.05) is 13.1 Å². The Morgan fingerprint density at radius 3 is 3.00 bits per heavy atom. The molecule has 1 aromatic rings. The molecule has 15 heavy (non-hydrogen) atoms. The van der Waals surface area contributed by atoms with Gasteiger partial charge in [0.05, 0.1) is 6.20 Å². The van der Waals surface area contributed by atoms with Crippen LogP contribution in [-0.2, 0) is 11.3 Å². The quantitative estimate of drug-likeness (QED) is 0.725. The van der Waals surface area contributed by atoms with Crippen LogP contribution in [0.4, 0.5) is 0 Å². The first kappa shape index (κ1) is 10.2. The van der Waals surface area contributed by atoms with Crippen LogP contribution in [0.15, 0.2) is 12.4 Å². The van der Waals surface area contributed by atoms with E-state index in [0.29, 0.717) is 6.04 Å². The van der Waals surface area contributed by atoms with Crippen LogP contribution in [0, 0.1) is 0 Å². The highest BCUT2D eigenvalue weighted by molar-refractivity contribution is 5.81. The molecule has 1 saturated carbocycles. The Kier molecular flexibility index (Phi) is 2.73. The summed E-state index contributed by atoms with van der Waals surface area (Å²) < 4.78 is 1.79. The molecule has 0 aliphatic heterocycles. The molecule has 1 aliphatic carbocycles. The number of hydrogen-bond acceptors (Lipinski definition) is 3. The predicted octanol–water partition coefficient (Wildman–Crippen LogP) is 0.181.